The van der Waals surface area contributed by atoms with Crippen molar-refractivity contribution < 1.29 is 14.3 Å². The highest BCUT2D eigenvalue weighted by molar-refractivity contribution is 6.39. The van der Waals surface area contributed by atoms with Crippen LogP contribution in [0.15, 0.2) is 54.7 Å². The summed E-state index contributed by atoms with van der Waals surface area (Å²) in [5, 5.41) is 10.5. The largest absolute Gasteiger partial charge is 0.481 e. The van der Waals surface area contributed by atoms with E-state index in [1.54, 1.807) is 7.11 Å². The van der Waals surface area contributed by atoms with Crippen LogP contribution in [0.1, 0.15) is 42.5 Å². The maximum absolute atomic E-state index is 11.6. The van der Waals surface area contributed by atoms with Gasteiger partial charge in [-0.25, -0.2) is 15.0 Å². The van der Waals surface area contributed by atoms with E-state index in [0.29, 0.717) is 53.4 Å². The fourth-order valence-corrected chi connectivity index (χ4v) is 7.42. The molecule has 0 spiro atoms. The highest BCUT2D eigenvalue weighted by atomic mass is 35.5. The van der Waals surface area contributed by atoms with Gasteiger partial charge in [0, 0.05) is 104 Å². The number of carbonyl (C=O) groups excluding carboxylic acids is 2. The summed E-state index contributed by atoms with van der Waals surface area (Å²) >= 11 is 14.2. The number of aromatic nitrogens is 3. The van der Waals surface area contributed by atoms with Crippen LogP contribution in [0.25, 0.3) is 33.8 Å². The monoisotopic (exact) mass is 685 g/mol. The highest BCUT2D eigenvalue weighted by Gasteiger charge is 2.27. The van der Waals surface area contributed by atoms with Crippen LogP contribution in [0, 0.1) is 0 Å². The zero-order valence-electron chi connectivity index (χ0n) is 26.7. The molecule has 0 unspecified atom stereocenters. The molecular formula is C36H37Cl2N7O3. The third-order valence-electron chi connectivity index (χ3n) is 9.30. The number of hydrogen-bond donors (Lipinski definition) is 3. The SMILES string of the molecule is COc1nc(-c2cccc(-c3cccc(-c4ncc5c(n4)CCN(C[C@H]4CCC(=O)N4)C5)c3Cl)c2Cl)ccc1CNC[C@H]1CCC(=O)N1. The highest BCUT2D eigenvalue weighted by Crippen LogP contribution is 2.42. The number of amides is 2. The Hall–Kier alpha value is -4.09. The molecule has 2 aromatic heterocycles. The standard InChI is InChI=1S/C36H37Cl2N7O3/c1-48-36-21(16-39-18-23-9-12-31(46)41-23)8-11-30(44-36)27-6-2-4-25(33(27)37)26-5-3-7-28(34(26)38)35-40-17-22-19-45(15-14-29(22)43-35)20-24-10-13-32(47)42-24/h2-8,11,17,23-24,39H,9-10,12-16,18-20H2,1H3,(H,41,46)(H,42,47)/t23-,24-/m1/s1. The zero-order valence-corrected chi connectivity index (χ0v) is 28.2. The number of rotatable bonds is 10. The lowest BCUT2D eigenvalue weighted by Gasteiger charge is -2.30. The third-order valence-corrected chi connectivity index (χ3v) is 10.1. The molecule has 0 saturated carbocycles. The van der Waals surface area contributed by atoms with Gasteiger partial charge in [0.25, 0.3) is 0 Å². The minimum absolute atomic E-state index is 0.102. The van der Waals surface area contributed by atoms with Crippen molar-refractivity contribution in [3.05, 3.63) is 81.6 Å². The molecule has 7 rings (SSSR count). The fourth-order valence-electron chi connectivity index (χ4n) is 6.78. The summed E-state index contributed by atoms with van der Waals surface area (Å²) in [6, 6.07) is 15.9. The molecule has 0 radical (unpaired) electrons. The van der Waals surface area contributed by atoms with Crippen molar-refractivity contribution in [1.82, 2.24) is 35.8 Å². The van der Waals surface area contributed by atoms with E-state index in [9.17, 15) is 9.59 Å². The lowest BCUT2D eigenvalue weighted by molar-refractivity contribution is -0.120. The molecule has 3 N–H and O–H groups in total. The molecular weight excluding hydrogens is 649 g/mol. The van der Waals surface area contributed by atoms with Crippen molar-refractivity contribution in [2.75, 3.05) is 26.7 Å². The van der Waals surface area contributed by atoms with Crippen LogP contribution >= 0.6 is 23.2 Å². The van der Waals surface area contributed by atoms with Crippen LogP contribution in [0.5, 0.6) is 5.88 Å². The molecule has 3 aliphatic rings. The van der Waals surface area contributed by atoms with E-state index in [1.807, 2.05) is 54.7 Å². The van der Waals surface area contributed by atoms with Gasteiger partial charge in [0.05, 0.1) is 28.5 Å². The van der Waals surface area contributed by atoms with Gasteiger partial charge in [-0.2, -0.15) is 0 Å². The lowest BCUT2D eigenvalue weighted by atomic mass is 9.98. The first kappa shape index (κ1) is 32.5. The third kappa shape index (κ3) is 6.89. The summed E-state index contributed by atoms with van der Waals surface area (Å²) in [6.07, 6.45) is 5.62. The molecule has 0 bridgehead atoms. The van der Waals surface area contributed by atoms with Gasteiger partial charge < -0.3 is 20.7 Å². The molecule has 2 aromatic carbocycles. The average molecular weight is 687 g/mol. The Morgan fingerprint density at radius 2 is 1.56 bits per heavy atom. The summed E-state index contributed by atoms with van der Waals surface area (Å²) in [5.74, 6) is 1.33. The van der Waals surface area contributed by atoms with E-state index in [4.69, 9.17) is 42.9 Å². The number of methoxy groups -OCH3 is 1. The van der Waals surface area contributed by atoms with Crippen molar-refractivity contribution >= 4 is 35.0 Å². The molecule has 12 heteroatoms. The molecule has 3 aliphatic heterocycles. The first-order valence-corrected chi connectivity index (χ1v) is 17.1. The molecule has 248 valence electrons. The second-order valence-electron chi connectivity index (χ2n) is 12.6. The van der Waals surface area contributed by atoms with Crippen molar-refractivity contribution in [3.63, 3.8) is 0 Å². The molecule has 0 aliphatic carbocycles. The molecule has 2 amide bonds. The van der Waals surface area contributed by atoms with Crippen molar-refractivity contribution in [1.29, 1.82) is 0 Å². The Morgan fingerprint density at radius 3 is 2.27 bits per heavy atom. The van der Waals surface area contributed by atoms with E-state index >= 15 is 0 Å². The molecule has 48 heavy (non-hydrogen) atoms. The van der Waals surface area contributed by atoms with Gasteiger partial charge in [0.1, 0.15) is 0 Å². The van der Waals surface area contributed by atoms with Crippen LogP contribution in [-0.2, 0) is 29.1 Å². The molecule has 2 fully saturated rings. The van der Waals surface area contributed by atoms with Crippen LogP contribution in [-0.4, -0.2) is 70.5 Å². The summed E-state index contributed by atoms with van der Waals surface area (Å²) in [6.45, 7) is 3.72. The summed E-state index contributed by atoms with van der Waals surface area (Å²) in [7, 11) is 1.60. The zero-order chi connectivity index (χ0) is 33.2. The molecule has 4 aromatic rings. The molecule has 10 nitrogen and oxygen atoms in total. The minimum Gasteiger partial charge on any atom is -0.481 e. The summed E-state index contributed by atoms with van der Waals surface area (Å²) in [4.78, 5) is 40.0. The number of hydrogen-bond acceptors (Lipinski definition) is 8. The van der Waals surface area contributed by atoms with Crippen molar-refractivity contribution in [2.45, 2.75) is 57.3 Å². The van der Waals surface area contributed by atoms with E-state index in [0.717, 1.165) is 78.0 Å². The second-order valence-corrected chi connectivity index (χ2v) is 13.3. The first-order valence-electron chi connectivity index (χ1n) is 16.3. The summed E-state index contributed by atoms with van der Waals surface area (Å²) in [5.41, 5.74) is 6.77. The van der Waals surface area contributed by atoms with Crippen molar-refractivity contribution in [3.8, 4) is 39.7 Å². The number of halogens is 2. The maximum atomic E-state index is 11.6. The Labute approximate surface area is 289 Å². The topological polar surface area (TPSA) is 121 Å². The van der Waals surface area contributed by atoms with E-state index in [1.165, 1.54) is 0 Å². The first-order chi connectivity index (χ1) is 23.4. The lowest BCUT2D eigenvalue weighted by Crippen LogP contribution is -2.41. The quantitative estimate of drug-likeness (QED) is 0.209. The minimum atomic E-state index is 0.102. The average Bonchev–Trinajstić information content (AvgIpc) is 3.71. The molecule has 2 atom stereocenters. The van der Waals surface area contributed by atoms with Gasteiger partial charge in [0.2, 0.25) is 17.7 Å². The molecule has 5 heterocycles. The fraction of sp³-hybridized carbons (Fsp3) is 0.361. The number of benzene rings is 2. The number of nitrogens with one attached hydrogen (secondary N) is 3. The second kappa shape index (κ2) is 14.2. The van der Waals surface area contributed by atoms with E-state index in [2.05, 4.69) is 20.9 Å². The number of ether oxygens (including phenoxy) is 1. The van der Waals surface area contributed by atoms with Crippen LogP contribution in [0.2, 0.25) is 10.0 Å². The predicted octanol–water partition coefficient (Wildman–Crippen LogP) is 5.19. The number of carbonyl (C=O) groups is 2. The van der Waals surface area contributed by atoms with Gasteiger partial charge in [-0.05, 0) is 25.0 Å². The Morgan fingerprint density at radius 1 is 0.875 bits per heavy atom. The normalized spacial score (nSPS) is 19.2. The van der Waals surface area contributed by atoms with Gasteiger partial charge in [0.15, 0.2) is 5.82 Å². The predicted molar refractivity (Wildman–Crippen MR) is 186 cm³/mol. The van der Waals surface area contributed by atoms with Crippen LogP contribution in [0.3, 0.4) is 0 Å². The van der Waals surface area contributed by atoms with Crippen LogP contribution < -0.4 is 20.7 Å². The van der Waals surface area contributed by atoms with E-state index in [-0.39, 0.29) is 23.9 Å². The van der Waals surface area contributed by atoms with E-state index < -0.39 is 0 Å². The Balaban J connectivity index is 1.09. The molecule has 2 saturated heterocycles. The van der Waals surface area contributed by atoms with Crippen molar-refractivity contribution in [2.24, 2.45) is 0 Å². The summed E-state index contributed by atoms with van der Waals surface area (Å²) < 4.78 is 5.65. The Bertz CT molecular complexity index is 1780. The maximum Gasteiger partial charge on any atom is 0.220 e. The number of fused-ring (bicyclic) bond motifs is 1. The number of pyridine rings is 1. The van der Waals surface area contributed by atoms with Gasteiger partial charge in [-0.1, -0.05) is 59.6 Å². The van der Waals surface area contributed by atoms with Gasteiger partial charge in [-0.3, -0.25) is 14.5 Å². The van der Waals surface area contributed by atoms with Gasteiger partial charge >= 0.3 is 0 Å². The number of nitrogens with zero attached hydrogens (tertiary/aromatic N) is 4. The smallest absolute Gasteiger partial charge is 0.220 e. The Kier molecular flexibility index (Phi) is 9.59. The van der Waals surface area contributed by atoms with Crippen LogP contribution in [0.4, 0.5) is 0 Å². The van der Waals surface area contributed by atoms with Gasteiger partial charge in [-0.15, -0.1) is 0 Å².